The standard InChI is InChI=1S/C25H25N3O3/c1-17(19-8-4-2-5-9-19)14-23(29)28-24(30)21(15-18-12-13-27-22(26)16-18)25(28)31-20-10-6-3-7-11-20/h2-13,16-17,21,25H,14-15H2,1H3,(H2,26,27)/t17-,21-,25+/m0/s1. The van der Waals surface area contributed by atoms with Gasteiger partial charge in [0.05, 0.1) is 5.92 Å². The predicted molar refractivity (Wildman–Crippen MR) is 118 cm³/mol. The van der Waals surface area contributed by atoms with Gasteiger partial charge in [-0.1, -0.05) is 55.5 Å². The Balaban J connectivity index is 1.52. The third-order valence-corrected chi connectivity index (χ3v) is 5.57. The number of aromatic nitrogens is 1. The molecule has 0 saturated carbocycles. The summed E-state index contributed by atoms with van der Waals surface area (Å²) in [6.45, 7) is 1.99. The second-order valence-corrected chi connectivity index (χ2v) is 7.84. The summed E-state index contributed by atoms with van der Waals surface area (Å²) in [6.07, 6.45) is 1.63. The van der Waals surface area contributed by atoms with Crippen molar-refractivity contribution in [2.45, 2.75) is 31.9 Å². The highest BCUT2D eigenvalue weighted by Crippen LogP contribution is 2.34. The van der Waals surface area contributed by atoms with Crippen LogP contribution in [0, 0.1) is 5.92 Å². The van der Waals surface area contributed by atoms with E-state index >= 15 is 0 Å². The number of nitrogen functional groups attached to an aromatic ring is 1. The topological polar surface area (TPSA) is 85.5 Å². The molecular formula is C25H25N3O3. The summed E-state index contributed by atoms with van der Waals surface area (Å²) < 4.78 is 6.09. The number of imide groups is 1. The number of nitrogens with two attached hydrogens (primary N) is 1. The van der Waals surface area contributed by atoms with Crippen molar-refractivity contribution in [3.05, 3.63) is 90.1 Å². The first kappa shape index (κ1) is 20.6. The van der Waals surface area contributed by atoms with Gasteiger partial charge in [0, 0.05) is 12.6 Å². The molecule has 2 N–H and O–H groups in total. The van der Waals surface area contributed by atoms with Crippen molar-refractivity contribution in [1.82, 2.24) is 9.88 Å². The van der Waals surface area contributed by atoms with Crippen LogP contribution in [-0.4, -0.2) is 27.9 Å². The van der Waals surface area contributed by atoms with Crippen molar-refractivity contribution >= 4 is 17.6 Å². The van der Waals surface area contributed by atoms with Gasteiger partial charge in [-0.05, 0) is 47.7 Å². The molecule has 6 heteroatoms. The van der Waals surface area contributed by atoms with E-state index in [9.17, 15) is 9.59 Å². The molecule has 2 aromatic carbocycles. The molecule has 6 nitrogen and oxygen atoms in total. The molecular weight excluding hydrogens is 390 g/mol. The van der Waals surface area contributed by atoms with Gasteiger partial charge in [0.15, 0.2) is 6.23 Å². The summed E-state index contributed by atoms with van der Waals surface area (Å²) in [5, 5.41) is 0. The minimum Gasteiger partial charge on any atom is -0.469 e. The first-order valence-electron chi connectivity index (χ1n) is 10.4. The number of hydrogen-bond acceptors (Lipinski definition) is 5. The Morgan fingerprint density at radius 3 is 2.45 bits per heavy atom. The number of likely N-dealkylation sites (tertiary alicyclic amines) is 1. The monoisotopic (exact) mass is 415 g/mol. The van der Waals surface area contributed by atoms with E-state index in [0.717, 1.165) is 11.1 Å². The number of nitrogens with zero attached hydrogens (tertiary/aromatic N) is 2. The molecule has 1 aromatic heterocycles. The highest BCUT2D eigenvalue weighted by Gasteiger charge is 2.52. The van der Waals surface area contributed by atoms with Crippen LogP contribution in [0.15, 0.2) is 79.0 Å². The lowest BCUT2D eigenvalue weighted by molar-refractivity contribution is -0.183. The van der Waals surface area contributed by atoms with Gasteiger partial charge in [0.1, 0.15) is 11.6 Å². The molecule has 0 aliphatic carbocycles. The number of amides is 2. The fourth-order valence-corrected chi connectivity index (χ4v) is 3.89. The number of hydrogen-bond donors (Lipinski definition) is 1. The number of benzene rings is 2. The number of β-lactam (4-membered cyclic amide) rings is 1. The molecule has 0 spiro atoms. The third kappa shape index (κ3) is 4.58. The quantitative estimate of drug-likeness (QED) is 0.594. The van der Waals surface area contributed by atoms with Crippen LogP contribution in [0.25, 0.3) is 0 Å². The second-order valence-electron chi connectivity index (χ2n) is 7.84. The molecule has 0 bridgehead atoms. The van der Waals surface area contributed by atoms with E-state index in [2.05, 4.69) is 4.98 Å². The van der Waals surface area contributed by atoms with Crippen LogP contribution >= 0.6 is 0 Å². The number of carbonyl (C=O) groups is 2. The lowest BCUT2D eigenvalue weighted by atomic mass is 9.87. The minimum atomic E-state index is -0.653. The lowest BCUT2D eigenvalue weighted by Crippen LogP contribution is -2.66. The van der Waals surface area contributed by atoms with Crippen molar-refractivity contribution in [2.75, 3.05) is 5.73 Å². The molecule has 1 aliphatic heterocycles. The van der Waals surface area contributed by atoms with E-state index in [4.69, 9.17) is 10.5 Å². The van der Waals surface area contributed by atoms with Crippen LogP contribution in [0.5, 0.6) is 5.75 Å². The zero-order chi connectivity index (χ0) is 21.8. The molecule has 1 saturated heterocycles. The van der Waals surface area contributed by atoms with Crippen LogP contribution in [0.1, 0.15) is 30.4 Å². The number of rotatable bonds is 7. The Labute approximate surface area is 181 Å². The van der Waals surface area contributed by atoms with E-state index in [-0.39, 0.29) is 24.2 Å². The molecule has 3 atom stereocenters. The zero-order valence-electron chi connectivity index (χ0n) is 17.3. The molecule has 1 fully saturated rings. The molecule has 2 amide bonds. The molecule has 3 aromatic rings. The number of para-hydroxylation sites is 1. The molecule has 0 unspecified atom stereocenters. The fourth-order valence-electron chi connectivity index (χ4n) is 3.89. The lowest BCUT2D eigenvalue weighted by Gasteiger charge is -2.45. The maximum atomic E-state index is 13.1. The van der Waals surface area contributed by atoms with Gasteiger partial charge in [0.2, 0.25) is 11.8 Å². The van der Waals surface area contributed by atoms with Crippen molar-refractivity contribution in [1.29, 1.82) is 0 Å². The van der Waals surface area contributed by atoms with E-state index in [1.807, 2.05) is 73.7 Å². The molecule has 31 heavy (non-hydrogen) atoms. The Kier molecular flexibility index (Phi) is 5.98. The number of ether oxygens (including phenoxy) is 1. The predicted octanol–water partition coefficient (Wildman–Crippen LogP) is 3.79. The summed E-state index contributed by atoms with van der Waals surface area (Å²) in [6, 6.07) is 22.6. The number of pyridine rings is 1. The zero-order valence-corrected chi connectivity index (χ0v) is 17.3. The van der Waals surface area contributed by atoms with Crippen LogP contribution in [0.4, 0.5) is 5.82 Å². The molecule has 0 radical (unpaired) electrons. The number of anilines is 1. The first-order valence-corrected chi connectivity index (χ1v) is 10.4. The Bertz CT molecular complexity index is 1060. The van der Waals surface area contributed by atoms with Crippen LogP contribution in [-0.2, 0) is 16.0 Å². The van der Waals surface area contributed by atoms with Gasteiger partial charge in [-0.25, -0.2) is 9.88 Å². The highest BCUT2D eigenvalue weighted by molar-refractivity contribution is 6.02. The van der Waals surface area contributed by atoms with Gasteiger partial charge in [-0.2, -0.15) is 0 Å². The third-order valence-electron chi connectivity index (χ3n) is 5.57. The van der Waals surface area contributed by atoms with Crippen LogP contribution in [0.2, 0.25) is 0 Å². The maximum absolute atomic E-state index is 13.1. The highest BCUT2D eigenvalue weighted by atomic mass is 16.5. The molecule has 4 rings (SSSR count). The summed E-state index contributed by atoms with van der Waals surface area (Å²) >= 11 is 0. The average Bonchev–Trinajstić information content (AvgIpc) is 2.78. The summed E-state index contributed by atoms with van der Waals surface area (Å²) in [5.41, 5.74) is 7.73. The van der Waals surface area contributed by atoms with Gasteiger partial charge in [0.25, 0.3) is 0 Å². The van der Waals surface area contributed by atoms with E-state index in [1.165, 1.54) is 4.90 Å². The number of carbonyl (C=O) groups excluding carboxylic acids is 2. The van der Waals surface area contributed by atoms with Crippen molar-refractivity contribution in [3.63, 3.8) is 0 Å². The van der Waals surface area contributed by atoms with Gasteiger partial charge in [-0.3, -0.25) is 9.59 Å². The second kappa shape index (κ2) is 9.00. The minimum absolute atomic E-state index is 0.00192. The summed E-state index contributed by atoms with van der Waals surface area (Å²) in [4.78, 5) is 31.3. The van der Waals surface area contributed by atoms with Crippen LogP contribution in [0.3, 0.4) is 0 Å². The van der Waals surface area contributed by atoms with E-state index in [0.29, 0.717) is 18.0 Å². The van der Waals surface area contributed by atoms with Gasteiger partial charge >= 0.3 is 0 Å². The Morgan fingerprint density at radius 1 is 1.10 bits per heavy atom. The SMILES string of the molecule is C[C@@H](CC(=O)N1C(=O)[C@H](Cc2ccnc(N)c2)[C@H]1Oc1ccccc1)c1ccccc1. The molecule has 158 valence electrons. The van der Waals surface area contributed by atoms with E-state index in [1.54, 1.807) is 12.3 Å². The maximum Gasteiger partial charge on any atom is 0.241 e. The Hall–Kier alpha value is -3.67. The smallest absolute Gasteiger partial charge is 0.241 e. The van der Waals surface area contributed by atoms with Gasteiger partial charge < -0.3 is 10.5 Å². The van der Waals surface area contributed by atoms with Crippen LogP contribution < -0.4 is 10.5 Å². The van der Waals surface area contributed by atoms with Crippen molar-refractivity contribution < 1.29 is 14.3 Å². The molecule has 1 aliphatic rings. The summed E-state index contributed by atoms with van der Waals surface area (Å²) in [7, 11) is 0. The first-order chi connectivity index (χ1) is 15.0. The van der Waals surface area contributed by atoms with Gasteiger partial charge in [-0.15, -0.1) is 0 Å². The normalized spacial score (nSPS) is 18.9. The summed E-state index contributed by atoms with van der Waals surface area (Å²) in [5.74, 6) is 0.104. The largest absolute Gasteiger partial charge is 0.469 e. The Morgan fingerprint density at radius 2 is 1.77 bits per heavy atom. The van der Waals surface area contributed by atoms with Crippen molar-refractivity contribution in [3.8, 4) is 5.75 Å². The molecule has 2 heterocycles. The van der Waals surface area contributed by atoms with E-state index < -0.39 is 12.1 Å². The fraction of sp³-hybridized carbons (Fsp3) is 0.240. The van der Waals surface area contributed by atoms with Crippen molar-refractivity contribution in [2.24, 2.45) is 5.92 Å². The average molecular weight is 415 g/mol.